The van der Waals surface area contributed by atoms with Gasteiger partial charge in [0.1, 0.15) is 0 Å². The van der Waals surface area contributed by atoms with E-state index >= 15 is 0 Å². The fourth-order valence-electron chi connectivity index (χ4n) is 2.51. The second-order valence-corrected chi connectivity index (χ2v) is 6.99. The average molecular weight is 322 g/mol. The predicted molar refractivity (Wildman–Crippen MR) is 90.2 cm³/mol. The summed E-state index contributed by atoms with van der Waals surface area (Å²) in [6, 6.07) is 17.5. The summed E-state index contributed by atoms with van der Waals surface area (Å²) in [5.41, 5.74) is 1.15. The highest BCUT2D eigenvalue weighted by Crippen LogP contribution is 2.27. The molecule has 0 spiro atoms. The summed E-state index contributed by atoms with van der Waals surface area (Å²) in [5, 5.41) is 3.93. The highest BCUT2D eigenvalue weighted by molar-refractivity contribution is 7.85. The van der Waals surface area contributed by atoms with E-state index in [0.717, 1.165) is 16.9 Å². The van der Waals surface area contributed by atoms with Crippen molar-refractivity contribution in [2.24, 2.45) is 0 Å². The average Bonchev–Trinajstić information content (AvgIpc) is 2.52. The van der Waals surface area contributed by atoms with Gasteiger partial charge in [-0.1, -0.05) is 54.9 Å². The van der Waals surface area contributed by atoms with Gasteiger partial charge in [0.25, 0.3) is 0 Å². The zero-order valence-corrected chi connectivity index (χ0v) is 13.8. The van der Waals surface area contributed by atoms with Crippen LogP contribution in [0.15, 0.2) is 59.5 Å². The lowest BCUT2D eigenvalue weighted by atomic mass is 10.0. The topological polar surface area (TPSA) is 29.1 Å². The fraction of sp³-hybridized carbons (Fsp3) is 0.294. The van der Waals surface area contributed by atoms with E-state index in [1.165, 1.54) is 0 Å². The van der Waals surface area contributed by atoms with Crippen molar-refractivity contribution in [3.8, 4) is 0 Å². The molecule has 1 N–H and O–H groups in total. The number of halogens is 1. The maximum Gasteiger partial charge on any atom is 0.0586 e. The summed E-state index contributed by atoms with van der Waals surface area (Å²) in [6.45, 7) is 2.07. The molecule has 0 bridgehead atoms. The lowest BCUT2D eigenvalue weighted by Crippen LogP contribution is -2.32. The first kappa shape index (κ1) is 16.2. The number of benzene rings is 2. The van der Waals surface area contributed by atoms with Crippen LogP contribution >= 0.6 is 11.6 Å². The lowest BCUT2D eigenvalue weighted by molar-refractivity contribution is 0.539. The molecular weight excluding hydrogens is 302 g/mol. The third-order valence-electron chi connectivity index (χ3n) is 3.55. The second kappa shape index (κ2) is 7.74. The Morgan fingerprint density at radius 1 is 1.14 bits per heavy atom. The molecule has 0 aliphatic rings. The van der Waals surface area contributed by atoms with Crippen molar-refractivity contribution < 1.29 is 4.21 Å². The van der Waals surface area contributed by atoms with Crippen LogP contribution in [0.5, 0.6) is 0 Å². The van der Waals surface area contributed by atoms with Crippen molar-refractivity contribution in [3.05, 3.63) is 65.2 Å². The van der Waals surface area contributed by atoms with Crippen LogP contribution in [0, 0.1) is 0 Å². The first-order valence-corrected chi connectivity index (χ1v) is 8.64. The smallest absolute Gasteiger partial charge is 0.0586 e. The summed E-state index contributed by atoms with van der Waals surface area (Å²) in [5.74, 6) is 0. The zero-order valence-electron chi connectivity index (χ0n) is 12.3. The second-order valence-electron chi connectivity index (χ2n) is 4.88. The fourth-order valence-corrected chi connectivity index (χ4v) is 4.41. The van der Waals surface area contributed by atoms with Crippen LogP contribution in [-0.2, 0) is 10.8 Å². The van der Waals surface area contributed by atoms with Gasteiger partial charge in [0.15, 0.2) is 0 Å². The molecule has 2 aromatic carbocycles. The Hall–Kier alpha value is -1.16. The molecule has 4 heteroatoms. The molecule has 0 heterocycles. The van der Waals surface area contributed by atoms with Crippen LogP contribution in [0.1, 0.15) is 24.9 Å². The maximum absolute atomic E-state index is 12.9. The van der Waals surface area contributed by atoms with E-state index in [1.54, 1.807) is 12.1 Å². The largest absolute Gasteiger partial charge is 0.312 e. The van der Waals surface area contributed by atoms with Gasteiger partial charge in [-0.05, 0) is 37.2 Å². The number of nitrogens with one attached hydrogen (secondary N) is 1. The van der Waals surface area contributed by atoms with Gasteiger partial charge in [0.2, 0.25) is 0 Å². The SMILES string of the molecule is CCC(C(NC)c1ccccc1)S(=O)c1cccc(Cl)c1. The van der Waals surface area contributed by atoms with Crippen molar-refractivity contribution in [3.63, 3.8) is 0 Å². The van der Waals surface area contributed by atoms with Crippen LogP contribution in [0.25, 0.3) is 0 Å². The van der Waals surface area contributed by atoms with Crippen molar-refractivity contribution >= 4 is 22.4 Å². The van der Waals surface area contributed by atoms with Gasteiger partial charge in [0.05, 0.1) is 16.0 Å². The molecular formula is C17H20ClNOS. The molecule has 0 aliphatic heterocycles. The summed E-state index contributed by atoms with van der Waals surface area (Å²) < 4.78 is 12.9. The normalized spacial score (nSPS) is 15.4. The zero-order chi connectivity index (χ0) is 15.2. The van der Waals surface area contributed by atoms with Gasteiger partial charge in [-0.15, -0.1) is 0 Å². The van der Waals surface area contributed by atoms with Gasteiger partial charge < -0.3 is 5.32 Å². The van der Waals surface area contributed by atoms with E-state index in [0.29, 0.717) is 5.02 Å². The molecule has 0 saturated heterocycles. The minimum Gasteiger partial charge on any atom is -0.312 e. The van der Waals surface area contributed by atoms with Crippen LogP contribution in [-0.4, -0.2) is 16.5 Å². The molecule has 0 amide bonds. The molecule has 2 aromatic rings. The van der Waals surface area contributed by atoms with E-state index < -0.39 is 10.8 Å². The first-order valence-electron chi connectivity index (χ1n) is 7.05. The van der Waals surface area contributed by atoms with Crippen molar-refractivity contribution in [1.82, 2.24) is 5.32 Å². The number of rotatable bonds is 6. The lowest BCUT2D eigenvalue weighted by Gasteiger charge is -2.26. The minimum atomic E-state index is -1.11. The molecule has 2 rings (SSSR count). The van der Waals surface area contributed by atoms with E-state index in [1.807, 2.05) is 37.4 Å². The van der Waals surface area contributed by atoms with E-state index in [9.17, 15) is 4.21 Å². The van der Waals surface area contributed by atoms with Crippen LogP contribution in [0.2, 0.25) is 5.02 Å². The summed E-state index contributed by atoms with van der Waals surface area (Å²) >= 11 is 6.02. The molecule has 0 aliphatic carbocycles. The first-order chi connectivity index (χ1) is 10.2. The Bertz CT molecular complexity index is 603. The van der Waals surface area contributed by atoms with Crippen LogP contribution in [0.4, 0.5) is 0 Å². The monoisotopic (exact) mass is 321 g/mol. The third kappa shape index (κ3) is 3.94. The molecule has 3 atom stereocenters. The van der Waals surface area contributed by atoms with E-state index in [4.69, 9.17) is 11.6 Å². The molecule has 112 valence electrons. The molecule has 0 saturated carbocycles. The number of hydrogen-bond donors (Lipinski definition) is 1. The Morgan fingerprint density at radius 2 is 1.86 bits per heavy atom. The minimum absolute atomic E-state index is 0.00383. The van der Waals surface area contributed by atoms with Crippen LogP contribution < -0.4 is 5.32 Å². The van der Waals surface area contributed by atoms with Gasteiger partial charge >= 0.3 is 0 Å². The summed E-state index contributed by atoms with van der Waals surface area (Å²) in [7, 11) is 0.803. The molecule has 0 radical (unpaired) electrons. The van der Waals surface area contributed by atoms with E-state index in [2.05, 4.69) is 24.4 Å². The Morgan fingerprint density at radius 3 is 2.43 bits per heavy atom. The summed E-state index contributed by atoms with van der Waals surface area (Å²) in [4.78, 5) is 0.783. The molecule has 0 aromatic heterocycles. The highest BCUT2D eigenvalue weighted by atomic mass is 35.5. The standard InChI is InChI=1S/C17H20ClNOS/c1-3-16(17(19-2)13-8-5-4-6-9-13)21(20)15-11-7-10-14(18)12-15/h4-12,16-17,19H,3H2,1-2H3. The van der Waals surface area contributed by atoms with Crippen LogP contribution in [0.3, 0.4) is 0 Å². The molecule has 0 fully saturated rings. The quantitative estimate of drug-likeness (QED) is 0.864. The molecule has 2 nitrogen and oxygen atoms in total. The summed E-state index contributed by atoms with van der Waals surface area (Å²) in [6.07, 6.45) is 0.819. The maximum atomic E-state index is 12.9. The molecule has 21 heavy (non-hydrogen) atoms. The third-order valence-corrected chi connectivity index (χ3v) is 5.66. The Labute approximate surface area is 134 Å². The van der Waals surface area contributed by atoms with Crippen molar-refractivity contribution in [1.29, 1.82) is 0 Å². The predicted octanol–water partition coefficient (Wildman–Crippen LogP) is 4.19. The van der Waals surface area contributed by atoms with Crippen molar-refractivity contribution in [2.45, 2.75) is 29.5 Å². The molecule has 3 unspecified atom stereocenters. The van der Waals surface area contributed by atoms with Gasteiger partial charge in [0, 0.05) is 16.0 Å². The van der Waals surface area contributed by atoms with Crippen molar-refractivity contribution in [2.75, 3.05) is 7.05 Å². The van der Waals surface area contributed by atoms with Gasteiger partial charge in [-0.3, -0.25) is 4.21 Å². The van der Waals surface area contributed by atoms with Gasteiger partial charge in [-0.2, -0.15) is 0 Å². The van der Waals surface area contributed by atoms with E-state index in [-0.39, 0.29) is 11.3 Å². The highest BCUT2D eigenvalue weighted by Gasteiger charge is 2.26. The Balaban J connectivity index is 2.31. The Kier molecular flexibility index (Phi) is 5.97. The van der Waals surface area contributed by atoms with Gasteiger partial charge in [-0.25, -0.2) is 0 Å². The number of hydrogen-bond acceptors (Lipinski definition) is 2.